The molecule has 0 bridgehead atoms. The van der Waals surface area contributed by atoms with Gasteiger partial charge in [0.1, 0.15) is 5.84 Å². The zero-order chi connectivity index (χ0) is 15.1. The Morgan fingerprint density at radius 3 is 2.32 bits per heavy atom. The van der Waals surface area contributed by atoms with Crippen molar-refractivity contribution in [3.63, 3.8) is 0 Å². The van der Waals surface area contributed by atoms with Gasteiger partial charge in [-0.25, -0.2) is 0 Å². The second-order valence-electron chi connectivity index (χ2n) is 6.79. The van der Waals surface area contributed by atoms with Crippen LogP contribution in [0.25, 0.3) is 0 Å². The molecule has 3 N–H and O–H groups in total. The molecule has 0 aromatic heterocycles. The summed E-state index contributed by atoms with van der Waals surface area (Å²) in [6.45, 7) is 12.0. The van der Waals surface area contributed by atoms with Crippen molar-refractivity contribution in [1.29, 1.82) is 0 Å². The third kappa shape index (κ3) is 7.41. The van der Waals surface area contributed by atoms with Crippen LogP contribution in [0.3, 0.4) is 0 Å². The summed E-state index contributed by atoms with van der Waals surface area (Å²) in [5, 5.41) is 11.8. The van der Waals surface area contributed by atoms with E-state index in [2.05, 4.69) is 37.9 Å². The Bertz CT molecular complexity index is 275. The van der Waals surface area contributed by atoms with Gasteiger partial charge in [0.25, 0.3) is 0 Å². The van der Waals surface area contributed by atoms with Gasteiger partial charge in [-0.15, -0.1) is 0 Å². The highest BCUT2D eigenvalue weighted by Crippen LogP contribution is 2.23. The molecule has 0 aliphatic rings. The minimum absolute atomic E-state index is 0.211. The molecule has 0 saturated carbocycles. The predicted octanol–water partition coefficient (Wildman–Crippen LogP) is 3.30. The summed E-state index contributed by atoms with van der Waals surface area (Å²) in [6.07, 6.45) is 4.45. The summed E-state index contributed by atoms with van der Waals surface area (Å²) < 4.78 is 0. The third-order valence-electron chi connectivity index (χ3n) is 3.93. The Morgan fingerprint density at radius 2 is 1.84 bits per heavy atom. The van der Waals surface area contributed by atoms with E-state index in [1.807, 2.05) is 13.8 Å². The standard InChI is InChI=1S/C15H33N3O/c1-12(2)11-13(3)18(6)10-8-7-9-15(4,5)14(16)17-19/h12-13,19H,7-11H2,1-6H3,(H2,16,17). The lowest BCUT2D eigenvalue weighted by Crippen LogP contribution is -2.33. The number of rotatable bonds is 9. The first-order valence-electron chi connectivity index (χ1n) is 7.39. The highest BCUT2D eigenvalue weighted by Gasteiger charge is 2.22. The van der Waals surface area contributed by atoms with Gasteiger partial charge in [-0.3, -0.25) is 0 Å². The van der Waals surface area contributed by atoms with Gasteiger partial charge in [0, 0.05) is 11.5 Å². The van der Waals surface area contributed by atoms with Gasteiger partial charge in [-0.1, -0.05) is 39.3 Å². The van der Waals surface area contributed by atoms with Gasteiger partial charge in [0.15, 0.2) is 0 Å². The summed E-state index contributed by atoms with van der Waals surface area (Å²) >= 11 is 0. The Morgan fingerprint density at radius 1 is 1.26 bits per heavy atom. The van der Waals surface area contributed by atoms with Crippen LogP contribution in [0.5, 0.6) is 0 Å². The number of nitrogens with two attached hydrogens (primary N) is 1. The van der Waals surface area contributed by atoms with Crippen molar-refractivity contribution in [1.82, 2.24) is 4.90 Å². The Balaban J connectivity index is 3.92. The molecular weight excluding hydrogens is 238 g/mol. The summed E-state index contributed by atoms with van der Waals surface area (Å²) in [5.41, 5.74) is 5.47. The van der Waals surface area contributed by atoms with Crippen molar-refractivity contribution in [3.05, 3.63) is 0 Å². The zero-order valence-corrected chi connectivity index (χ0v) is 13.6. The maximum atomic E-state index is 8.73. The predicted molar refractivity (Wildman–Crippen MR) is 82.6 cm³/mol. The fourth-order valence-electron chi connectivity index (χ4n) is 2.27. The average Bonchev–Trinajstić information content (AvgIpc) is 2.32. The number of nitrogens with zero attached hydrogens (tertiary/aromatic N) is 2. The Labute approximate surface area is 119 Å². The van der Waals surface area contributed by atoms with Crippen LogP contribution in [0.1, 0.15) is 60.3 Å². The Kier molecular flexibility index (Phi) is 8.07. The van der Waals surface area contributed by atoms with Crippen LogP contribution < -0.4 is 5.73 Å². The molecule has 4 nitrogen and oxygen atoms in total. The van der Waals surface area contributed by atoms with Gasteiger partial charge in [0.05, 0.1) is 0 Å². The van der Waals surface area contributed by atoms with E-state index < -0.39 is 0 Å². The van der Waals surface area contributed by atoms with Crippen molar-refractivity contribution in [2.45, 2.75) is 66.3 Å². The molecule has 0 saturated heterocycles. The average molecular weight is 271 g/mol. The lowest BCUT2D eigenvalue weighted by atomic mass is 9.86. The molecular formula is C15H33N3O. The van der Waals surface area contributed by atoms with Crippen LogP contribution in [0.2, 0.25) is 0 Å². The summed E-state index contributed by atoms with van der Waals surface area (Å²) in [5.74, 6) is 1.07. The molecule has 0 aliphatic carbocycles. The topological polar surface area (TPSA) is 61.8 Å². The van der Waals surface area contributed by atoms with E-state index >= 15 is 0 Å². The summed E-state index contributed by atoms with van der Waals surface area (Å²) in [4.78, 5) is 2.43. The molecule has 114 valence electrons. The van der Waals surface area contributed by atoms with Crippen LogP contribution in [0.4, 0.5) is 0 Å². The molecule has 0 amide bonds. The van der Waals surface area contributed by atoms with E-state index in [0.29, 0.717) is 11.9 Å². The molecule has 4 heteroatoms. The van der Waals surface area contributed by atoms with Gasteiger partial charge in [-0.2, -0.15) is 0 Å². The van der Waals surface area contributed by atoms with Crippen molar-refractivity contribution >= 4 is 5.84 Å². The van der Waals surface area contributed by atoms with E-state index in [1.165, 1.54) is 6.42 Å². The minimum Gasteiger partial charge on any atom is -0.409 e. The normalized spacial score (nSPS) is 15.3. The largest absolute Gasteiger partial charge is 0.409 e. The van der Waals surface area contributed by atoms with Crippen molar-refractivity contribution in [2.24, 2.45) is 22.2 Å². The molecule has 1 unspecified atom stereocenters. The van der Waals surface area contributed by atoms with E-state index in [1.54, 1.807) is 0 Å². The van der Waals surface area contributed by atoms with Crippen molar-refractivity contribution < 1.29 is 5.21 Å². The molecule has 0 radical (unpaired) electrons. The van der Waals surface area contributed by atoms with E-state index in [-0.39, 0.29) is 5.41 Å². The highest BCUT2D eigenvalue weighted by molar-refractivity contribution is 5.85. The monoisotopic (exact) mass is 271 g/mol. The first-order valence-corrected chi connectivity index (χ1v) is 7.39. The van der Waals surface area contributed by atoms with E-state index in [9.17, 15) is 0 Å². The van der Waals surface area contributed by atoms with Crippen LogP contribution in [-0.4, -0.2) is 35.6 Å². The first-order chi connectivity index (χ1) is 8.70. The van der Waals surface area contributed by atoms with Crippen LogP contribution in [0, 0.1) is 11.3 Å². The lowest BCUT2D eigenvalue weighted by molar-refractivity contribution is 0.221. The van der Waals surface area contributed by atoms with Gasteiger partial charge >= 0.3 is 0 Å². The van der Waals surface area contributed by atoms with Gasteiger partial charge < -0.3 is 15.8 Å². The fraction of sp³-hybridized carbons (Fsp3) is 0.933. The van der Waals surface area contributed by atoms with Crippen molar-refractivity contribution in [3.8, 4) is 0 Å². The molecule has 0 heterocycles. The molecule has 0 aromatic rings. The highest BCUT2D eigenvalue weighted by atomic mass is 16.4. The minimum atomic E-state index is -0.211. The number of amidine groups is 1. The molecule has 0 aromatic carbocycles. The first kappa shape index (κ1) is 18.2. The fourth-order valence-corrected chi connectivity index (χ4v) is 2.27. The lowest BCUT2D eigenvalue weighted by Gasteiger charge is -2.27. The van der Waals surface area contributed by atoms with E-state index in [0.717, 1.165) is 31.7 Å². The zero-order valence-electron chi connectivity index (χ0n) is 13.6. The van der Waals surface area contributed by atoms with Gasteiger partial charge in [-0.05, 0) is 45.7 Å². The SMILES string of the molecule is CC(C)CC(C)N(C)CCCCC(C)(C)C(N)=NO. The summed E-state index contributed by atoms with van der Waals surface area (Å²) in [6, 6.07) is 0.636. The number of unbranched alkanes of at least 4 members (excludes halogenated alkanes) is 1. The van der Waals surface area contributed by atoms with Crippen LogP contribution >= 0.6 is 0 Å². The van der Waals surface area contributed by atoms with Crippen LogP contribution in [-0.2, 0) is 0 Å². The number of hydrogen-bond donors (Lipinski definition) is 2. The quantitative estimate of drug-likeness (QED) is 0.222. The van der Waals surface area contributed by atoms with Gasteiger partial charge in [0.2, 0.25) is 0 Å². The molecule has 0 aliphatic heterocycles. The second kappa shape index (κ2) is 8.41. The molecule has 19 heavy (non-hydrogen) atoms. The van der Waals surface area contributed by atoms with E-state index in [4.69, 9.17) is 10.9 Å². The van der Waals surface area contributed by atoms with Crippen LogP contribution in [0.15, 0.2) is 5.16 Å². The molecule has 1 atom stereocenters. The second-order valence-corrected chi connectivity index (χ2v) is 6.79. The number of oxime groups is 1. The maximum Gasteiger partial charge on any atom is 0.144 e. The smallest absolute Gasteiger partial charge is 0.144 e. The third-order valence-corrected chi connectivity index (χ3v) is 3.93. The maximum absolute atomic E-state index is 8.73. The molecule has 0 rings (SSSR count). The van der Waals surface area contributed by atoms with Crippen molar-refractivity contribution in [2.75, 3.05) is 13.6 Å². The summed E-state index contributed by atoms with van der Waals surface area (Å²) in [7, 11) is 2.20. The molecule has 0 fully saturated rings. The molecule has 0 spiro atoms. The Hall–Kier alpha value is -0.770. The number of hydrogen-bond acceptors (Lipinski definition) is 3.